The fraction of sp³-hybridized carbons (Fsp3) is 1.00. The highest BCUT2D eigenvalue weighted by Gasteiger charge is 2.14. The second-order valence-corrected chi connectivity index (χ2v) is 3.76. The molecule has 2 heteroatoms. The van der Waals surface area contributed by atoms with Gasteiger partial charge >= 0.3 is 0 Å². The number of nitrogens with one attached hydrogen (secondary N) is 1. The molecule has 0 heterocycles. The molecular weight excluding hydrogens is 150 g/mol. The average Bonchev–Trinajstić information content (AvgIpc) is 1.98. The Labute approximate surface area is 76.7 Å². The van der Waals surface area contributed by atoms with Gasteiger partial charge in [-0.1, -0.05) is 13.3 Å². The highest BCUT2D eigenvalue weighted by Crippen LogP contribution is 2.09. The average molecular weight is 173 g/mol. The molecule has 0 saturated carbocycles. The maximum Gasteiger partial charge on any atom is 0.0590 e. The molecule has 0 aliphatic carbocycles. The summed E-state index contributed by atoms with van der Waals surface area (Å²) in [5.41, 5.74) is 0.270. The van der Waals surface area contributed by atoms with Crippen LogP contribution in [0.3, 0.4) is 0 Å². The zero-order valence-electron chi connectivity index (χ0n) is 8.94. The lowest BCUT2D eigenvalue weighted by molar-refractivity contribution is 0.141. The molecule has 0 bridgehead atoms. The minimum Gasteiger partial charge on any atom is -0.380 e. The first-order valence-electron chi connectivity index (χ1n) is 4.95. The van der Waals surface area contributed by atoms with E-state index in [0.717, 1.165) is 19.8 Å². The summed E-state index contributed by atoms with van der Waals surface area (Å²) in [6.45, 7) is 11.3. The Morgan fingerprint density at radius 3 is 2.42 bits per heavy atom. The number of ether oxygens (including phenoxy) is 1. The highest BCUT2D eigenvalue weighted by atomic mass is 16.5. The van der Waals surface area contributed by atoms with Crippen molar-refractivity contribution in [3.63, 3.8) is 0 Å². The lowest BCUT2D eigenvalue weighted by Crippen LogP contribution is -2.40. The first-order chi connectivity index (χ1) is 5.62. The topological polar surface area (TPSA) is 21.3 Å². The molecule has 12 heavy (non-hydrogen) atoms. The summed E-state index contributed by atoms with van der Waals surface area (Å²) in [7, 11) is 0. The lowest BCUT2D eigenvalue weighted by atomic mass is 9.99. The van der Waals surface area contributed by atoms with E-state index in [1.165, 1.54) is 12.8 Å². The zero-order chi connectivity index (χ0) is 9.45. The smallest absolute Gasteiger partial charge is 0.0590 e. The van der Waals surface area contributed by atoms with E-state index in [4.69, 9.17) is 4.74 Å². The van der Waals surface area contributed by atoms with Crippen molar-refractivity contribution in [1.29, 1.82) is 0 Å². The predicted octanol–water partition coefficient (Wildman–Crippen LogP) is 2.19. The molecule has 0 saturated heterocycles. The van der Waals surface area contributed by atoms with Crippen molar-refractivity contribution >= 4 is 0 Å². The van der Waals surface area contributed by atoms with Crippen LogP contribution < -0.4 is 5.32 Å². The van der Waals surface area contributed by atoms with Crippen LogP contribution in [-0.4, -0.2) is 25.3 Å². The summed E-state index contributed by atoms with van der Waals surface area (Å²) < 4.78 is 5.24. The van der Waals surface area contributed by atoms with Crippen molar-refractivity contribution in [2.45, 2.75) is 46.1 Å². The van der Waals surface area contributed by atoms with E-state index in [2.05, 4.69) is 26.1 Å². The van der Waals surface area contributed by atoms with E-state index in [1.54, 1.807) is 0 Å². The number of rotatable bonds is 7. The molecule has 0 aliphatic rings. The van der Waals surface area contributed by atoms with Crippen LogP contribution in [0.1, 0.15) is 40.5 Å². The molecule has 0 aromatic carbocycles. The Morgan fingerprint density at radius 2 is 1.92 bits per heavy atom. The largest absolute Gasteiger partial charge is 0.380 e. The van der Waals surface area contributed by atoms with Crippen molar-refractivity contribution in [3.05, 3.63) is 0 Å². The Hall–Kier alpha value is -0.0800. The number of hydrogen-bond donors (Lipinski definition) is 1. The van der Waals surface area contributed by atoms with Crippen molar-refractivity contribution in [2.75, 3.05) is 19.8 Å². The molecule has 0 atom stereocenters. The summed E-state index contributed by atoms with van der Waals surface area (Å²) in [6.07, 6.45) is 2.45. The van der Waals surface area contributed by atoms with Crippen LogP contribution >= 0.6 is 0 Å². The van der Waals surface area contributed by atoms with E-state index >= 15 is 0 Å². The van der Waals surface area contributed by atoms with Gasteiger partial charge in [0.15, 0.2) is 0 Å². The number of hydrogen-bond acceptors (Lipinski definition) is 2. The van der Waals surface area contributed by atoms with Crippen molar-refractivity contribution < 1.29 is 4.74 Å². The molecule has 0 unspecified atom stereocenters. The maximum atomic E-state index is 5.24. The normalized spacial score (nSPS) is 12.0. The van der Waals surface area contributed by atoms with Crippen molar-refractivity contribution in [1.82, 2.24) is 5.32 Å². The fourth-order valence-electron chi connectivity index (χ4n) is 1.32. The van der Waals surface area contributed by atoms with Crippen LogP contribution in [-0.2, 0) is 4.74 Å². The van der Waals surface area contributed by atoms with Crippen LogP contribution in [0.5, 0.6) is 0 Å². The van der Waals surface area contributed by atoms with Crippen LogP contribution in [0.4, 0.5) is 0 Å². The van der Waals surface area contributed by atoms with Gasteiger partial charge in [-0.2, -0.15) is 0 Å². The van der Waals surface area contributed by atoms with Crippen LogP contribution in [0, 0.1) is 0 Å². The Balaban J connectivity index is 3.33. The standard InChI is InChI=1S/C10H23NO/c1-5-7-10(3,4)11-8-9-12-6-2/h11H,5-9H2,1-4H3. The molecule has 0 aromatic rings. The van der Waals surface area contributed by atoms with E-state index in [-0.39, 0.29) is 5.54 Å². The van der Waals surface area contributed by atoms with Crippen LogP contribution in [0.15, 0.2) is 0 Å². The van der Waals surface area contributed by atoms with Gasteiger partial charge in [0, 0.05) is 18.7 Å². The van der Waals surface area contributed by atoms with Gasteiger partial charge in [0.05, 0.1) is 6.61 Å². The summed E-state index contributed by atoms with van der Waals surface area (Å²) in [5, 5.41) is 3.47. The first kappa shape index (κ1) is 11.9. The second kappa shape index (κ2) is 6.44. The molecule has 0 aliphatic heterocycles. The second-order valence-electron chi connectivity index (χ2n) is 3.76. The third kappa shape index (κ3) is 6.62. The van der Waals surface area contributed by atoms with Crippen molar-refractivity contribution in [3.8, 4) is 0 Å². The van der Waals surface area contributed by atoms with Crippen LogP contribution in [0.25, 0.3) is 0 Å². The molecule has 0 radical (unpaired) electrons. The third-order valence-corrected chi connectivity index (χ3v) is 1.93. The third-order valence-electron chi connectivity index (χ3n) is 1.93. The van der Waals surface area contributed by atoms with E-state index in [0.29, 0.717) is 0 Å². The molecule has 2 nitrogen and oxygen atoms in total. The van der Waals surface area contributed by atoms with Gasteiger partial charge in [0.2, 0.25) is 0 Å². The van der Waals surface area contributed by atoms with Gasteiger partial charge in [-0.25, -0.2) is 0 Å². The zero-order valence-corrected chi connectivity index (χ0v) is 8.94. The van der Waals surface area contributed by atoms with E-state index in [1.807, 2.05) is 6.92 Å². The van der Waals surface area contributed by atoms with Gasteiger partial charge in [-0.15, -0.1) is 0 Å². The summed E-state index contributed by atoms with van der Waals surface area (Å²) in [4.78, 5) is 0. The summed E-state index contributed by atoms with van der Waals surface area (Å²) >= 11 is 0. The van der Waals surface area contributed by atoms with Gasteiger partial charge < -0.3 is 10.1 Å². The van der Waals surface area contributed by atoms with Gasteiger partial charge in [-0.3, -0.25) is 0 Å². The lowest BCUT2D eigenvalue weighted by Gasteiger charge is -2.25. The molecule has 0 aromatic heterocycles. The van der Waals surface area contributed by atoms with Gasteiger partial charge in [0.25, 0.3) is 0 Å². The predicted molar refractivity (Wildman–Crippen MR) is 53.5 cm³/mol. The van der Waals surface area contributed by atoms with Gasteiger partial charge in [-0.05, 0) is 27.2 Å². The quantitative estimate of drug-likeness (QED) is 0.596. The Morgan fingerprint density at radius 1 is 1.25 bits per heavy atom. The molecule has 0 spiro atoms. The van der Waals surface area contributed by atoms with Gasteiger partial charge in [0.1, 0.15) is 0 Å². The van der Waals surface area contributed by atoms with E-state index < -0.39 is 0 Å². The molecular formula is C10H23NO. The van der Waals surface area contributed by atoms with Crippen molar-refractivity contribution in [2.24, 2.45) is 0 Å². The Bertz CT molecular complexity index is 102. The summed E-state index contributed by atoms with van der Waals surface area (Å²) in [6, 6.07) is 0. The monoisotopic (exact) mass is 173 g/mol. The first-order valence-corrected chi connectivity index (χ1v) is 4.95. The molecule has 0 rings (SSSR count). The SMILES string of the molecule is CCCC(C)(C)NCCOCC. The molecule has 1 N–H and O–H groups in total. The summed E-state index contributed by atoms with van der Waals surface area (Å²) in [5.74, 6) is 0. The Kier molecular flexibility index (Phi) is 6.39. The fourth-order valence-corrected chi connectivity index (χ4v) is 1.32. The minimum atomic E-state index is 0.270. The molecule has 0 amide bonds. The van der Waals surface area contributed by atoms with E-state index in [9.17, 15) is 0 Å². The molecule has 0 fully saturated rings. The minimum absolute atomic E-state index is 0.270. The maximum absolute atomic E-state index is 5.24. The van der Waals surface area contributed by atoms with Crippen LogP contribution in [0.2, 0.25) is 0 Å². The highest BCUT2D eigenvalue weighted by molar-refractivity contribution is 4.75. The molecule has 74 valence electrons.